The highest BCUT2D eigenvalue weighted by Crippen LogP contribution is 2.33. The lowest BCUT2D eigenvalue weighted by Gasteiger charge is -2.19. The number of carbonyl (C=O) groups excluding carboxylic acids is 1. The van der Waals surface area contributed by atoms with Gasteiger partial charge in [-0.1, -0.05) is 6.08 Å². The van der Waals surface area contributed by atoms with E-state index in [2.05, 4.69) is 0 Å². The average Bonchev–Trinajstić information content (AvgIpc) is 2.28. The van der Waals surface area contributed by atoms with E-state index >= 15 is 0 Å². The lowest BCUT2D eigenvalue weighted by Crippen LogP contribution is -2.05. The Morgan fingerprint density at radius 1 is 1.40 bits per heavy atom. The minimum Gasteiger partial charge on any atom is -0.303 e. The molecule has 1 aliphatic rings. The van der Waals surface area contributed by atoms with Gasteiger partial charge in [0.15, 0.2) is 0 Å². The van der Waals surface area contributed by atoms with E-state index in [1.54, 1.807) is 6.08 Å². The maximum absolute atomic E-state index is 13.2. The second-order valence-corrected chi connectivity index (χ2v) is 6.39. The Bertz CT molecular complexity index is 213. The number of hydrogen-bond acceptors (Lipinski definition) is 3. The van der Waals surface area contributed by atoms with Crippen molar-refractivity contribution >= 4 is 29.8 Å². The summed E-state index contributed by atoms with van der Waals surface area (Å²) in [4.78, 5) is 10.0. The van der Waals surface area contributed by atoms with E-state index in [-0.39, 0.29) is 5.83 Å². The summed E-state index contributed by atoms with van der Waals surface area (Å²) in [5.74, 6) is 2.36. The van der Waals surface area contributed by atoms with Crippen molar-refractivity contribution in [3.8, 4) is 0 Å². The minimum absolute atomic E-state index is 0.0522. The molecule has 0 bridgehead atoms. The van der Waals surface area contributed by atoms with Gasteiger partial charge in [0.05, 0.1) is 10.4 Å². The predicted octanol–water partition coefficient (Wildman–Crippen LogP) is 3.80. The van der Waals surface area contributed by atoms with Crippen LogP contribution in [0.15, 0.2) is 11.9 Å². The van der Waals surface area contributed by atoms with Gasteiger partial charge in [-0.2, -0.15) is 0 Å². The molecule has 0 unspecified atom stereocenters. The van der Waals surface area contributed by atoms with Crippen molar-refractivity contribution in [1.82, 2.24) is 0 Å². The molecule has 0 aromatic rings. The lowest BCUT2D eigenvalue weighted by atomic mass is 10.2. The number of thioether (sulfide) groups is 2. The number of hydrogen-bond donors (Lipinski definition) is 0. The van der Waals surface area contributed by atoms with E-state index < -0.39 is 0 Å². The third kappa shape index (κ3) is 6.25. The lowest BCUT2D eigenvalue weighted by molar-refractivity contribution is -0.107. The molecule has 0 saturated carbocycles. The van der Waals surface area contributed by atoms with E-state index in [1.165, 1.54) is 17.9 Å². The highest BCUT2D eigenvalue weighted by Gasteiger charge is 2.12. The van der Waals surface area contributed by atoms with E-state index in [9.17, 15) is 9.18 Å². The Morgan fingerprint density at radius 2 is 2.13 bits per heavy atom. The molecule has 0 atom stereocenters. The van der Waals surface area contributed by atoms with Gasteiger partial charge in [-0.15, -0.1) is 23.5 Å². The highest BCUT2D eigenvalue weighted by molar-refractivity contribution is 8.17. The van der Waals surface area contributed by atoms with Gasteiger partial charge in [0.1, 0.15) is 6.29 Å². The van der Waals surface area contributed by atoms with Crippen LogP contribution in [0.1, 0.15) is 32.1 Å². The number of carbonyl (C=O) groups is 1. The van der Waals surface area contributed by atoms with Gasteiger partial charge >= 0.3 is 0 Å². The minimum atomic E-state index is -0.0522. The average molecular weight is 248 g/mol. The second-order valence-electron chi connectivity index (χ2n) is 3.47. The summed E-state index contributed by atoms with van der Waals surface area (Å²) in [6, 6.07) is 0. The highest BCUT2D eigenvalue weighted by atomic mass is 32.2. The maximum Gasteiger partial charge on any atom is 0.120 e. The van der Waals surface area contributed by atoms with E-state index in [4.69, 9.17) is 0 Å². The smallest absolute Gasteiger partial charge is 0.120 e. The monoisotopic (exact) mass is 248 g/mol. The van der Waals surface area contributed by atoms with Crippen LogP contribution in [0, 0.1) is 0 Å². The third-order valence-corrected chi connectivity index (χ3v) is 5.16. The molecule has 0 N–H and O–H groups in total. The fraction of sp³-hybridized carbons (Fsp3) is 0.727. The Balaban J connectivity index is 2.14. The zero-order valence-corrected chi connectivity index (χ0v) is 10.4. The Hall–Kier alpha value is 0.0400. The van der Waals surface area contributed by atoms with Gasteiger partial charge in [0.2, 0.25) is 0 Å². The standard InChI is InChI=1S/C11H17FOS2/c12-10(4-1-2-7-13)5-6-11-14-8-3-9-15-11/h5,7,11H,1-4,6,8-9H2/b10-5+. The molecule has 1 saturated heterocycles. The van der Waals surface area contributed by atoms with Crippen LogP contribution in [0.5, 0.6) is 0 Å². The summed E-state index contributed by atoms with van der Waals surface area (Å²) < 4.78 is 13.7. The topological polar surface area (TPSA) is 17.1 Å². The number of unbranched alkanes of at least 4 members (excludes halogenated alkanes) is 1. The fourth-order valence-electron chi connectivity index (χ4n) is 1.35. The van der Waals surface area contributed by atoms with E-state index in [0.717, 1.165) is 12.7 Å². The van der Waals surface area contributed by atoms with Gasteiger partial charge in [-0.05, 0) is 37.2 Å². The molecule has 0 spiro atoms. The number of rotatable bonds is 6. The largest absolute Gasteiger partial charge is 0.303 e. The molecule has 15 heavy (non-hydrogen) atoms. The molecule has 1 nitrogen and oxygen atoms in total. The van der Waals surface area contributed by atoms with Crippen molar-refractivity contribution in [3.63, 3.8) is 0 Å². The molecular weight excluding hydrogens is 231 g/mol. The molecule has 1 aliphatic heterocycles. The van der Waals surface area contributed by atoms with Gasteiger partial charge in [-0.3, -0.25) is 0 Å². The van der Waals surface area contributed by atoms with Crippen LogP contribution < -0.4 is 0 Å². The first-order chi connectivity index (χ1) is 7.33. The summed E-state index contributed by atoms with van der Waals surface area (Å²) in [5, 5.41) is 0. The Morgan fingerprint density at radius 3 is 2.80 bits per heavy atom. The van der Waals surface area contributed by atoms with Crippen molar-refractivity contribution in [2.75, 3.05) is 11.5 Å². The van der Waals surface area contributed by atoms with Crippen LogP contribution in [-0.4, -0.2) is 22.4 Å². The van der Waals surface area contributed by atoms with E-state index in [0.29, 0.717) is 23.8 Å². The number of allylic oxidation sites excluding steroid dienone is 2. The summed E-state index contributed by atoms with van der Waals surface area (Å²) in [5.41, 5.74) is 0. The first-order valence-corrected chi connectivity index (χ1v) is 7.44. The number of aldehydes is 1. The molecule has 0 aromatic carbocycles. The van der Waals surface area contributed by atoms with Crippen LogP contribution >= 0.6 is 23.5 Å². The normalized spacial score (nSPS) is 19.1. The van der Waals surface area contributed by atoms with E-state index in [1.807, 2.05) is 23.5 Å². The third-order valence-electron chi connectivity index (χ3n) is 2.17. The molecule has 0 aromatic heterocycles. The zero-order chi connectivity index (χ0) is 10.9. The summed E-state index contributed by atoms with van der Waals surface area (Å²) in [7, 11) is 0. The van der Waals surface area contributed by atoms with Crippen molar-refractivity contribution in [2.24, 2.45) is 0 Å². The SMILES string of the molecule is O=CCCC/C(F)=C\CC1SCCCS1. The Kier molecular flexibility index (Phi) is 7.18. The molecular formula is C11H17FOS2. The van der Waals surface area contributed by atoms with Gasteiger partial charge in [0.25, 0.3) is 0 Å². The first-order valence-electron chi connectivity index (χ1n) is 5.34. The molecule has 1 fully saturated rings. The molecule has 86 valence electrons. The second kappa shape index (κ2) is 8.22. The molecule has 0 aliphatic carbocycles. The zero-order valence-electron chi connectivity index (χ0n) is 8.78. The Labute approximate surface area is 99.3 Å². The van der Waals surface area contributed by atoms with Crippen molar-refractivity contribution in [2.45, 2.75) is 36.7 Å². The summed E-state index contributed by atoms with van der Waals surface area (Å²) in [6.45, 7) is 0. The maximum atomic E-state index is 13.2. The van der Waals surface area contributed by atoms with Crippen molar-refractivity contribution in [3.05, 3.63) is 11.9 Å². The quantitative estimate of drug-likeness (QED) is 0.526. The van der Waals surface area contributed by atoms with Gasteiger partial charge < -0.3 is 4.79 Å². The molecule has 1 heterocycles. The number of halogens is 1. The molecule has 1 rings (SSSR count). The van der Waals surface area contributed by atoms with Crippen LogP contribution in [0.25, 0.3) is 0 Å². The molecule has 4 heteroatoms. The molecule has 0 amide bonds. The fourth-order valence-corrected chi connectivity index (χ4v) is 4.11. The van der Waals surface area contributed by atoms with Crippen LogP contribution in [0.4, 0.5) is 4.39 Å². The van der Waals surface area contributed by atoms with Crippen molar-refractivity contribution in [1.29, 1.82) is 0 Å². The van der Waals surface area contributed by atoms with Crippen molar-refractivity contribution < 1.29 is 9.18 Å². The predicted molar refractivity (Wildman–Crippen MR) is 67.0 cm³/mol. The van der Waals surface area contributed by atoms with Crippen LogP contribution in [-0.2, 0) is 4.79 Å². The molecule has 0 radical (unpaired) electrons. The van der Waals surface area contributed by atoms with Crippen LogP contribution in [0.3, 0.4) is 0 Å². The van der Waals surface area contributed by atoms with Gasteiger partial charge in [0, 0.05) is 6.42 Å². The summed E-state index contributed by atoms with van der Waals surface area (Å²) >= 11 is 3.86. The van der Waals surface area contributed by atoms with Gasteiger partial charge in [-0.25, -0.2) is 4.39 Å². The summed E-state index contributed by atoms with van der Waals surface area (Å²) in [6.07, 6.45) is 6.16. The van der Waals surface area contributed by atoms with Crippen LogP contribution in [0.2, 0.25) is 0 Å². The first kappa shape index (κ1) is 13.1.